The van der Waals surface area contributed by atoms with E-state index in [0.29, 0.717) is 41.2 Å². The maximum atomic E-state index is 13.0. The molecule has 0 spiro atoms. The molecule has 13 heteroatoms. The fourth-order valence-corrected chi connectivity index (χ4v) is 4.69. The molecule has 0 bridgehead atoms. The molecule has 0 unspecified atom stereocenters. The van der Waals surface area contributed by atoms with E-state index in [4.69, 9.17) is 16.3 Å². The molecule has 0 saturated heterocycles. The Morgan fingerprint density at radius 3 is 2.47 bits per heavy atom. The van der Waals surface area contributed by atoms with Crippen molar-refractivity contribution < 1.29 is 13.2 Å². The third-order valence-corrected chi connectivity index (χ3v) is 6.81. The molecule has 0 aliphatic heterocycles. The number of rotatable bonds is 10. The van der Waals surface area contributed by atoms with Crippen molar-refractivity contribution in [2.45, 2.75) is 11.3 Å². The Morgan fingerprint density at radius 2 is 1.82 bits per heavy atom. The molecule has 38 heavy (non-hydrogen) atoms. The Bertz CT molecular complexity index is 1570. The fraction of sp³-hybridized carbons (Fsp3) is 0.160. The number of benzene rings is 3. The summed E-state index contributed by atoms with van der Waals surface area (Å²) in [6, 6.07) is 20.4. The van der Waals surface area contributed by atoms with Crippen LogP contribution in [-0.2, 0) is 28.3 Å². The smallest absolute Gasteiger partial charge is 0.243 e. The molecule has 4 rings (SSSR count). The topological polar surface area (TPSA) is 186 Å². The van der Waals surface area contributed by atoms with Crippen LogP contribution < -0.4 is 21.1 Å². The molecule has 196 valence electrons. The van der Waals surface area contributed by atoms with Crippen LogP contribution in [-0.4, -0.2) is 53.5 Å². The van der Waals surface area contributed by atoms with Crippen molar-refractivity contribution in [1.82, 2.24) is 20.2 Å². The van der Waals surface area contributed by atoms with E-state index in [9.17, 15) is 13.2 Å². The zero-order chi connectivity index (χ0) is 27.3. The highest BCUT2D eigenvalue weighted by Crippen LogP contribution is 2.27. The summed E-state index contributed by atoms with van der Waals surface area (Å²) in [6.07, 6.45) is 0.485. The van der Waals surface area contributed by atoms with E-state index in [1.54, 1.807) is 72.4 Å². The van der Waals surface area contributed by atoms with Crippen molar-refractivity contribution in [3.05, 3.63) is 84.2 Å². The number of nitrogens with two attached hydrogens (primary N) is 2. The predicted octanol–water partition coefficient (Wildman–Crippen LogP) is 1.50. The minimum absolute atomic E-state index is 0.0165. The number of aromatic nitrogens is 4. The number of nitrogens with one attached hydrogen (secondary N) is 2. The second kappa shape index (κ2) is 11.2. The minimum atomic E-state index is -3.89. The first kappa shape index (κ1) is 26.4. The summed E-state index contributed by atoms with van der Waals surface area (Å²) in [5.41, 5.74) is 8.59. The quantitative estimate of drug-likeness (QED) is 0.174. The summed E-state index contributed by atoms with van der Waals surface area (Å²) in [6.45, 7) is 0.453. The molecule has 1 aromatic heterocycles. The molecule has 0 atom stereocenters. The van der Waals surface area contributed by atoms with Gasteiger partial charge >= 0.3 is 0 Å². The number of nitrogens with zero attached hydrogens (tertiary/aromatic N) is 5. The Balaban J connectivity index is 1.51. The van der Waals surface area contributed by atoms with Crippen molar-refractivity contribution in [2.24, 2.45) is 17.9 Å². The number of sulfonamides is 1. The summed E-state index contributed by atoms with van der Waals surface area (Å²) in [7, 11) is -2.15. The number of amides is 1. The van der Waals surface area contributed by atoms with Gasteiger partial charge in [0.2, 0.25) is 15.9 Å². The van der Waals surface area contributed by atoms with E-state index in [0.717, 1.165) is 5.69 Å². The van der Waals surface area contributed by atoms with Gasteiger partial charge in [-0.05, 0) is 46.3 Å². The van der Waals surface area contributed by atoms with Gasteiger partial charge in [0.25, 0.3) is 0 Å². The highest BCUT2D eigenvalue weighted by Gasteiger charge is 2.17. The van der Waals surface area contributed by atoms with Gasteiger partial charge < -0.3 is 16.0 Å². The number of carbonyl (C=O) groups excluding carboxylic acids is 1. The van der Waals surface area contributed by atoms with E-state index in [-0.39, 0.29) is 23.2 Å². The Morgan fingerprint density at radius 1 is 1.08 bits per heavy atom. The van der Waals surface area contributed by atoms with Crippen molar-refractivity contribution in [3.63, 3.8) is 0 Å². The predicted molar refractivity (Wildman–Crippen MR) is 144 cm³/mol. The second-order valence-electron chi connectivity index (χ2n) is 8.52. The first-order valence-electron chi connectivity index (χ1n) is 11.5. The van der Waals surface area contributed by atoms with E-state index in [2.05, 4.69) is 20.8 Å². The number of tetrazole rings is 1. The first-order valence-corrected chi connectivity index (χ1v) is 13.1. The normalized spacial score (nSPS) is 11.2. The molecule has 0 aliphatic rings. The van der Waals surface area contributed by atoms with Gasteiger partial charge in [0.1, 0.15) is 5.84 Å². The Hall–Kier alpha value is -4.62. The van der Waals surface area contributed by atoms with Crippen LogP contribution >= 0.6 is 0 Å². The highest BCUT2D eigenvalue weighted by molar-refractivity contribution is 7.89. The summed E-state index contributed by atoms with van der Waals surface area (Å²) < 4.78 is 25.5. The number of carbonyl (C=O) groups is 1. The van der Waals surface area contributed by atoms with Gasteiger partial charge in [0.05, 0.1) is 11.4 Å². The number of nitrogen functional groups attached to an aromatic ring is 1. The minimum Gasteiger partial charge on any atom is -0.384 e. The summed E-state index contributed by atoms with van der Waals surface area (Å²) in [4.78, 5) is 14.9. The monoisotopic (exact) mass is 533 g/mol. The van der Waals surface area contributed by atoms with Gasteiger partial charge in [0, 0.05) is 42.5 Å². The zero-order valence-corrected chi connectivity index (χ0v) is 21.4. The van der Waals surface area contributed by atoms with Crippen LogP contribution in [0, 0.1) is 5.41 Å². The zero-order valence-electron chi connectivity index (χ0n) is 20.6. The average molecular weight is 534 g/mol. The van der Waals surface area contributed by atoms with Crippen molar-refractivity contribution in [3.8, 4) is 11.1 Å². The lowest BCUT2D eigenvalue weighted by molar-refractivity contribution is -0.115. The molecular weight excluding hydrogens is 506 g/mol. The van der Waals surface area contributed by atoms with Gasteiger partial charge in [-0.2, -0.15) is 0 Å². The number of aryl methyl sites for hydroxylation is 1. The lowest BCUT2D eigenvalue weighted by Crippen LogP contribution is -2.35. The van der Waals surface area contributed by atoms with E-state index >= 15 is 0 Å². The lowest BCUT2D eigenvalue weighted by atomic mass is 10.1. The van der Waals surface area contributed by atoms with Gasteiger partial charge in [-0.15, -0.1) is 5.10 Å². The van der Waals surface area contributed by atoms with Gasteiger partial charge in [-0.25, -0.2) is 18.2 Å². The largest absolute Gasteiger partial charge is 0.384 e. The number of hydrogen-bond donors (Lipinski definition) is 4. The molecule has 1 amide bonds. The molecule has 0 radical (unpaired) electrons. The van der Waals surface area contributed by atoms with Crippen LogP contribution in [0.15, 0.2) is 77.7 Å². The maximum Gasteiger partial charge on any atom is 0.243 e. The highest BCUT2D eigenvalue weighted by atomic mass is 32.2. The molecule has 0 saturated carbocycles. The van der Waals surface area contributed by atoms with Gasteiger partial charge in [-0.3, -0.25) is 10.2 Å². The molecule has 4 aromatic rings. The SMILES string of the molecule is Cn1nnnc1CCN(CC(=O)Nc1ccc(-c2ccccc2S(N)(=O)=O)cc1)c1cccc(C(=N)N)c1. The summed E-state index contributed by atoms with van der Waals surface area (Å²) in [5, 5.41) is 27.5. The lowest BCUT2D eigenvalue weighted by Gasteiger charge is -2.24. The third-order valence-electron chi connectivity index (χ3n) is 5.84. The number of hydrogen-bond acceptors (Lipinski definition) is 8. The number of primary sulfonamides is 1. The van der Waals surface area contributed by atoms with Crippen LogP contribution in [0.3, 0.4) is 0 Å². The van der Waals surface area contributed by atoms with Crippen LogP contribution in [0.1, 0.15) is 11.4 Å². The number of anilines is 2. The molecular formula is C25H27N9O3S. The Labute approximate surface area is 219 Å². The molecule has 12 nitrogen and oxygen atoms in total. The average Bonchev–Trinajstić information content (AvgIpc) is 3.31. The van der Waals surface area contributed by atoms with Crippen molar-refractivity contribution >= 4 is 33.1 Å². The molecule has 3 aromatic carbocycles. The van der Waals surface area contributed by atoms with E-state index in [1.165, 1.54) is 6.07 Å². The Kier molecular flexibility index (Phi) is 7.79. The maximum absolute atomic E-state index is 13.0. The van der Waals surface area contributed by atoms with Crippen molar-refractivity contribution in [1.29, 1.82) is 5.41 Å². The van der Waals surface area contributed by atoms with E-state index in [1.807, 2.05) is 11.0 Å². The van der Waals surface area contributed by atoms with Crippen molar-refractivity contribution in [2.75, 3.05) is 23.3 Å². The summed E-state index contributed by atoms with van der Waals surface area (Å²) in [5.74, 6) is 0.318. The van der Waals surface area contributed by atoms with Gasteiger partial charge in [-0.1, -0.05) is 42.5 Å². The second-order valence-corrected chi connectivity index (χ2v) is 10.1. The molecule has 1 heterocycles. The van der Waals surface area contributed by atoms with Crippen LogP contribution in [0.25, 0.3) is 11.1 Å². The number of amidine groups is 1. The molecule has 0 fully saturated rings. The summed E-state index contributed by atoms with van der Waals surface area (Å²) >= 11 is 0. The fourth-order valence-electron chi connectivity index (χ4n) is 3.92. The third kappa shape index (κ3) is 6.38. The van der Waals surface area contributed by atoms with Crippen LogP contribution in [0.4, 0.5) is 11.4 Å². The molecule has 6 N–H and O–H groups in total. The van der Waals surface area contributed by atoms with E-state index < -0.39 is 10.0 Å². The molecule has 0 aliphatic carbocycles. The van der Waals surface area contributed by atoms with Crippen LogP contribution in [0.2, 0.25) is 0 Å². The van der Waals surface area contributed by atoms with Gasteiger partial charge in [0.15, 0.2) is 5.82 Å². The first-order chi connectivity index (χ1) is 18.1. The van der Waals surface area contributed by atoms with Crippen LogP contribution in [0.5, 0.6) is 0 Å². The standard InChI is InChI=1S/C25H27N9O3S/c1-33-23(30-31-32-33)13-14-34(20-6-4-5-18(15-20)25(26)27)16-24(35)29-19-11-9-17(10-12-19)21-7-2-3-8-22(21)38(28,36)37/h2-12,15H,13-14,16H2,1H3,(H3,26,27)(H,29,35)(H2,28,36,37).